The molecule has 1 saturated carbocycles. The minimum atomic E-state index is -0.514. The van der Waals surface area contributed by atoms with Crippen molar-refractivity contribution in [1.29, 1.82) is 0 Å². The lowest BCUT2D eigenvalue weighted by Gasteiger charge is -2.24. The molecule has 0 aliphatic heterocycles. The summed E-state index contributed by atoms with van der Waals surface area (Å²) in [6, 6.07) is 19.3. The first-order valence-electron chi connectivity index (χ1n) is 9.62. The fraction of sp³-hybridized carbons (Fsp3) is 0.391. The van der Waals surface area contributed by atoms with E-state index in [2.05, 4.69) is 53.9 Å². The predicted molar refractivity (Wildman–Crippen MR) is 103 cm³/mol. The third kappa shape index (κ3) is 3.56. The fourth-order valence-electron chi connectivity index (χ4n) is 4.31. The Hall–Kier alpha value is -1.90. The Labute approximate surface area is 150 Å². The van der Waals surface area contributed by atoms with E-state index in [9.17, 15) is 5.11 Å². The van der Waals surface area contributed by atoms with Crippen molar-refractivity contribution in [3.05, 3.63) is 76.9 Å². The van der Waals surface area contributed by atoms with Crippen LogP contribution in [0.4, 0.5) is 0 Å². The van der Waals surface area contributed by atoms with Crippen molar-refractivity contribution in [2.75, 3.05) is 0 Å². The summed E-state index contributed by atoms with van der Waals surface area (Å²) >= 11 is 0. The molecule has 1 fully saturated rings. The highest BCUT2D eigenvalue weighted by Crippen LogP contribution is 2.44. The topological polar surface area (TPSA) is 32.3 Å². The number of nitrogens with one attached hydrogen (secondary N) is 1. The van der Waals surface area contributed by atoms with Gasteiger partial charge in [-0.3, -0.25) is 0 Å². The van der Waals surface area contributed by atoms with Crippen molar-refractivity contribution in [3.8, 4) is 0 Å². The Morgan fingerprint density at radius 3 is 2.16 bits per heavy atom. The summed E-state index contributed by atoms with van der Waals surface area (Å²) < 4.78 is 0. The molecule has 2 aliphatic carbocycles. The fourth-order valence-corrected chi connectivity index (χ4v) is 4.31. The second-order valence-electron chi connectivity index (χ2n) is 7.37. The van der Waals surface area contributed by atoms with Gasteiger partial charge in [-0.15, -0.1) is 0 Å². The van der Waals surface area contributed by atoms with Crippen LogP contribution >= 0.6 is 0 Å². The molecule has 2 aliphatic rings. The summed E-state index contributed by atoms with van der Waals surface area (Å²) in [5, 5.41) is 14.8. The van der Waals surface area contributed by atoms with Crippen molar-refractivity contribution < 1.29 is 5.11 Å². The number of benzene rings is 2. The normalized spacial score (nSPS) is 25.7. The molecule has 2 atom stereocenters. The van der Waals surface area contributed by atoms with E-state index < -0.39 is 6.10 Å². The molecular weight excluding hydrogens is 306 g/mol. The molecule has 130 valence electrons. The molecule has 0 radical (unpaired) electrons. The van der Waals surface area contributed by atoms with Crippen LogP contribution in [0.25, 0.3) is 6.08 Å². The van der Waals surface area contributed by atoms with E-state index in [1.807, 2.05) is 12.1 Å². The molecule has 25 heavy (non-hydrogen) atoms. The van der Waals surface area contributed by atoms with Crippen LogP contribution in [0.15, 0.2) is 60.2 Å². The molecule has 0 spiro atoms. The van der Waals surface area contributed by atoms with Gasteiger partial charge in [-0.2, -0.15) is 0 Å². The van der Waals surface area contributed by atoms with Crippen LogP contribution in [-0.2, 0) is 0 Å². The van der Waals surface area contributed by atoms with Crippen molar-refractivity contribution in [1.82, 2.24) is 5.32 Å². The molecule has 2 nitrogen and oxygen atoms in total. The average Bonchev–Trinajstić information content (AvgIpc) is 2.83. The van der Waals surface area contributed by atoms with Gasteiger partial charge in [-0.25, -0.2) is 0 Å². The summed E-state index contributed by atoms with van der Waals surface area (Å²) in [5.41, 5.74) is 4.52. The third-order valence-corrected chi connectivity index (χ3v) is 5.64. The molecule has 2 N–H and O–H groups in total. The Kier molecular flexibility index (Phi) is 5.00. The molecule has 2 unspecified atom stereocenters. The van der Waals surface area contributed by atoms with Crippen LogP contribution in [-0.4, -0.2) is 11.1 Å². The van der Waals surface area contributed by atoms with E-state index >= 15 is 0 Å². The van der Waals surface area contributed by atoms with Gasteiger partial charge in [0.25, 0.3) is 0 Å². The number of rotatable bonds is 3. The number of fused-ring (bicyclic) bond motifs is 1. The van der Waals surface area contributed by atoms with Gasteiger partial charge in [-0.05, 0) is 35.1 Å². The molecule has 2 aromatic carbocycles. The van der Waals surface area contributed by atoms with Gasteiger partial charge >= 0.3 is 0 Å². The van der Waals surface area contributed by atoms with E-state index in [0.717, 1.165) is 16.7 Å². The maximum Gasteiger partial charge on any atom is 0.103 e. The smallest absolute Gasteiger partial charge is 0.103 e. The van der Waals surface area contributed by atoms with Gasteiger partial charge in [0, 0.05) is 6.04 Å². The van der Waals surface area contributed by atoms with E-state index in [4.69, 9.17) is 0 Å². The molecule has 2 aromatic rings. The molecule has 0 saturated heterocycles. The zero-order chi connectivity index (χ0) is 17.1. The molecular formula is C23H27NO. The molecule has 2 heteroatoms. The van der Waals surface area contributed by atoms with Crippen molar-refractivity contribution in [3.63, 3.8) is 0 Å². The van der Waals surface area contributed by atoms with Crippen LogP contribution in [0.3, 0.4) is 0 Å². The number of aliphatic hydroxyl groups excluding tert-OH is 1. The average molecular weight is 333 g/mol. The first-order chi connectivity index (χ1) is 12.3. The van der Waals surface area contributed by atoms with E-state index in [-0.39, 0.29) is 6.04 Å². The lowest BCUT2D eigenvalue weighted by atomic mass is 10.00. The van der Waals surface area contributed by atoms with Crippen LogP contribution in [0, 0.1) is 0 Å². The number of hydrogen-bond donors (Lipinski definition) is 2. The standard InChI is InChI=1S/C23H27NO/c25-23-20-15-9-8-14-19(20)22(24-18-12-6-1-2-7-13-18)21(23)16-17-10-4-3-5-11-17/h3-5,8-11,14-16,18,22-25H,1-2,6-7,12-13H2/b21-16+. The zero-order valence-corrected chi connectivity index (χ0v) is 14.7. The highest BCUT2D eigenvalue weighted by Gasteiger charge is 2.35. The van der Waals surface area contributed by atoms with E-state index in [1.165, 1.54) is 44.1 Å². The van der Waals surface area contributed by atoms with Crippen LogP contribution < -0.4 is 5.32 Å². The summed E-state index contributed by atoms with van der Waals surface area (Å²) in [7, 11) is 0. The molecule has 0 aromatic heterocycles. The van der Waals surface area contributed by atoms with Gasteiger partial charge in [0.15, 0.2) is 0 Å². The van der Waals surface area contributed by atoms with Crippen LogP contribution in [0.1, 0.15) is 67.4 Å². The van der Waals surface area contributed by atoms with E-state index in [0.29, 0.717) is 6.04 Å². The molecule has 4 rings (SSSR count). The minimum absolute atomic E-state index is 0.120. The number of hydrogen-bond acceptors (Lipinski definition) is 2. The Bertz CT molecular complexity index is 729. The first kappa shape index (κ1) is 16.6. The summed E-state index contributed by atoms with van der Waals surface area (Å²) in [6.45, 7) is 0. The second kappa shape index (κ2) is 7.55. The first-order valence-corrected chi connectivity index (χ1v) is 9.62. The highest BCUT2D eigenvalue weighted by atomic mass is 16.3. The van der Waals surface area contributed by atoms with Gasteiger partial charge < -0.3 is 10.4 Å². The lowest BCUT2D eigenvalue weighted by molar-refractivity contribution is 0.216. The van der Waals surface area contributed by atoms with Gasteiger partial charge in [0.2, 0.25) is 0 Å². The van der Waals surface area contributed by atoms with Gasteiger partial charge in [0.1, 0.15) is 6.10 Å². The minimum Gasteiger partial charge on any atom is -0.384 e. The number of aliphatic hydroxyl groups is 1. The van der Waals surface area contributed by atoms with Crippen molar-refractivity contribution >= 4 is 6.08 Å². The Morgan fingerprint density at radius 1 is 0.800 bits per heavy atom. The summed E-state index contributed by atoms with van der Waals surface area (Å²) in [5.74, 6) is 0. The second-order valence-corrected chi connectivity index (χ2v) is 7.37. The monoisotopic (exact) mass is 333 g/mol. The predicted octanol–water partition coefficient (Wildman–Crippen LogP) is 5.17. The van der Waals surface area contributed by atoms with Crippen LogP contribution in [0.2, 0.25) is 0 Å². The SMILES string of the molecule is OC1/C(=C/c2ccccc2)C(NC2CCCCCC2)c2ccccc21. The maximum atomic E-state index is 10.9. The van der Waals surface area contributed by atoms with Gasteiger partial charge in [0.05, 0.1) is 6.04 Å². The lowest BCUT2D eigenvalue weighted by Crippen LogP contribution is -2.32. The largest absolute Gasteiger partial charge is 0.384 e. The summed E-state index contributed by atoms with van der Waals surface area (Å²) in [6.07, 6.45) is 9.47. The van der Waals surface area contributed by atoms with Crippen molar-refractivity contribution in [2.24, 2.45) is 0 Å². The van der Waals surface area contributed by atoms with Crippen molar-refractivity contribution in [2.45, 2.75) is 56.7 Å². The molecule has 0 amide bonds. The zero-order valence-electron chi connectivity index (χ0n) is 14.7. The Morgan fingerprint density at radius 2 is 1.44 bits per heavy atom. The molecule has 0 bridgehead atoms. The quantitative estimate of drug-likeness (QED) is 0.759. The third-order valence-electron chi connectivity index (χ3n) is 5.64. The van der Waals surface area contributed by atoms with E-state index in [1.54, 1.807) is 0 Å². The molecule has 0 heterocycles. The summed E-state index contributed by atoms with van der Waals surface area (Å²) in [4.78, 5) is 0. The maximum absolute atomic E-state index is 10.9. The highest BCUT2D eigenvalue weighted by molar-refractivity contribution is 5.61. The Balaban J connectivity index is 1.67. The van der Waals surface area contributed by atoms with Crippen LogP contribution in [0.5, 0.6) is 0 Å². The van der Waals surface area contributed by atoms with Gasteiger partial charge in [-0.1, -0.05) is 86.4 Å².